The molecule has 0 spiro atoms. The topological polar surface area (TPSA) is 75.6 Å². The molecule has 1 aliphatic rings. The van der Waals surface area contributed by atoms with Gasteiger partial charge in [-0.3, -0.25) is 0 Å². The molecule has 1 atom stereocenters. The maximum absolute atomic E-state index is 15.1. The molecule has 0 saturated heterocycles. The number of hydrogen-bond donors (Lipinski definition) is 2. The van der Waals surface area contributed by atoms with Crippen molar-refractivity contribution in [3.8, 4) is 11.1 Å². The summed E-state index contributed by atoms with van der Waals surface area (Å²) in [6, 6.07) is 23.3. The molecule has 2 N–H and O–H groups in total. The van der Waals surface area contributed by atoms with Gasteiger partial charge in [-0.15, -0.1) is 0 Å². The van der Waals surface area contributed by atoms with Crippen molar-refractivity contribution in [3.05, 3.63) is 95.6 Å². The minimum Gasteiger partial charge on any atom is -0.479 e. The number of carbonyl (C=O) groups excluding carboxylic acids is 1. The third kappa shape index (κ3) is 3.52. The van der Waals surface area contributed by atoms with Crippen molar-refractivity contribution in [2.45, 2.75) is 11.6 Å². The van der Waals surface area contributed by atoms with Crippen LogP contribution in [0.15, 0.2) is 78.9 Å². The zero-order chi connectivity index (χ0) is 21.1. The number of carboxylic acids is 1. The molecular formula is C24H20FNO4. The van der Waals surface area contributed by atoms with E-state index in [4.69, 9.17) is 4.74 Å². The molecule has 0 saturated carbocycles. The normalized spacial score (nSPS) is 14.3. The largest absolute Gasteiger partial charge is 0.479 e. The molecule has 3 aromatic rings. The number of ether oxygens (including phenoxy) is 1. The predicted molar refractivity (Wildman–Crippen MR) is 110 cm³/mol. The fourth-order valence-corrected chi connectivity index (χ4v) is 3.85. The molecule has 1 unspecified atom stereocenters. The van der Waals surface area contributed by atoms with Gasteiger partial charge >= 0.3 is 12.1 Å². The Kier molecular flexibility index (Phi) is 5.23. The van der Waals surface area contributed by atoms with Crippen LogP contribution in [0.25, 0.3) is 11.1 Å². The van der Waals surface area contributed by atoms with Crippen molar-refractivity contribution in [2.24, 2.45) is 0 Å². The number of nitrogens with one attached hydrogen (secondary N) is 1. The number of rotatable bonds is 6. The van der Waals surface area contributed by atoms with Crippen LogP contribution < -0.4 is 5.32 Å². The first kappa shape index (κ1) is 19.6. The van der Waals surface area contributed by atoms with Gasteiger partial charge in [0.05, 0.1) is 6.54 Å². The van der Waals surface area contributed by atoms with Crippen LogP contribution in [-0.2, 0) is 15.2 Å². The van der Waals surface area contributed by atoms with Gasteiger partial charge in [0.15, 0.2) is 0 Å². The Morgan fingerprint density at radius 2 is 1.43 bits per heavy atom. The number of aliphatic carboxylic acids is 1. The van der Waals surface area contributed by atoms with Crippen LogP contribution in [-0.4, -0.2) is 30.3 Å². The highest BCUT2D eigenvalue weighted by molar-refractivity contribution is 5.81. The number of fused-ring (bicyclic) bond motifs is 3. The van der Waals surface area contributed by atoms with Gasteiger partial charge in [-0.05, 0) is 22.3 Å². The molecule has 3 aromatic carbocycles. The Morgan fingerprint density at radius 1 is 0.900 bits per heavy atom. The van der Waals surface area contributed by atoms with Gasteiger partial charge in [0, 0.05) is 11.5 Å². The van der Waals surface area contributed by atoms with Crippen LogP contribution in [0.2, 0.25) is 0 Å². The van der Waals surface area contributed by atoms with Crippen molar-refractivity contribution in [2.75, 3.05) is 13.2 Å². The second kappa shape index (κ2) is 7.99. The van der Waals surface area contributed by atoms with Crippen molar-refractivity contribution >= 4 is 12.1 Å². The number of carboxylic acid groups (broad SMARTS) is 1. The summed E-state index contributed by atoms with van der Waals surface area (Å²) in [6.45, 7) is -0.666. The third-order valence-corrected chi connectivity index (χ3v) is 5.39. The van der Waals surface area contributed by atoms with E-state index in [1.807, 2.05) is 48.5 Å². The number of alkyl halides is 1. The monoisotopic (exact) mass is 405 g/mol. The molecule has 30 heavy (non-hydrogen) atoms. The maximum atomic E-state index is 15.1. The molecule has 1 aliphatic carbocycles. The van der Waals surface area contributed by atoms with Gasteiger partial charge in [0.1, 0.15) is 6.61 Å². The van der Waals surface area contributed by atoms with E-state index in [1.165, 1.54) is 12.1 Å². The lowest BCUT2D eigenvalue weighted by Gasteiger charge is -2.22. The van der Waals surface area contributed by atoms with E-state index >= 15 is 4.39 Å². The lowest BCUT2D eigenvalue weighted by molar-refractivity contribution is -0.151. The molecule has 0 bridgehead atoms. The Balaban J connectivity index is 1.44. The zero-order valence-corrected chi connectivity index (χ0v) is 16.0. The molecule has 0 aliphatic heterocycles. The van der Waals surface area contributed by atoms with Gasteiger partial charge in [-0.1, -0.05) is 78.9 Å². The molecular weight excluding hydrogens is 385 g/mol. The van der Waals surface area contributed by atoms with E-state index < -0.39 is 24.3 Å². The lowest BCUT2D eigenvalue weighted by atomic mass is 9.96. The predicted octanol–water partition coefficient (Wildman–Crippen LogP) is 4.47. The summed E-state index contributed by atoms with van der Waals surface area (Å²) in [7, 11) is 0. The smallest absolute Gasteiger partial charge is 0.407 e. The van der Waals surface area contributed by atoms with Crippen LogP contribution >= 0.6 is 0 Å². The Hall–Kier alpha value is -3.67. The second-order valence-electron chi connectivity index (χ2n) is 7.15. The highest BCUT2D eigenvalue weighted by Crippen LogP contribution is 2.44. The van der Waals surface area contributed by atoms with E-state index in [0.717, 1.165) is 22.3 Å². The van der Waals surface area contributed by atoms with Crippen LogP contribution in [0.3, 0.4) is 0 Å². The molecule has 1 amide bonds. The van der Waals surface area contributed by atoms with Gasteiger partial charge in [0.25, 0.3) is 0 Å². The molecule has 0 fully saturated rings. The van der Waals surface area contributed by atoms with Crippen molar-refractivity contribution in [1.29, 1.82) is 0 Å². The van der Waals surface area contributed by atoms with Crippen molar-refractivity contribution in [3.63, 3.8) is 0 Å². The summed E-state index contributed by atoms with van der Waals surface area (Å²) in [4.78, 5) is 23.7. The van der Waals surface area contributed by atoms with Crippen LogP contribution in [0.4, 0.5) is 9.18 Å². The molecule has 4 rings (SSSR count). The van der Waals surface area contributed by atoms with Crippen LogP contribution in [0.1, 0.15) is 22.6 Å². The first-order chi connectivity index (χ1) is 14.5. The average molecular weight is 405 g/mol. The number of hydrogen-bond acceptors (Lipinski definition) is 3. The minimum atomic E-state index is -2.74. The Bertz CT molecular complexity index is 1040. The van der Waals surface area contributed by atoms with Gasteiger partial charge < -0.3 is 15.2 Å². The van der Waals surface area contributed by atoms with Crippen molar-refractivity contribution < 1.29 is 23.8 Å². The summed E-state index contributed by atoms with van der Waals surface area (Å²) >= 11 is 0. The van der Waals surface area contributed by atoms with E-state index in [-0.39, 0.29) is 18.1 Å². The zero-order valence-electron chi connectivity index (χ0n) is 16.0. The Morgan fingerprint density at radius 3 is 2.00 bits per heavy atom. The molecule has 0 radical (unpaired) electrons. The number of carbonyl (C=O) groups is 2. The van der Waals surface area contributed by atoms with Gasteiger partial charge in [-0.25, -0.2) is 14.0 Å². The lowest BCUT2D eigenvalue weighted by Crippen LogP contribution is -2.43. The molecule has 0 heterocycles. The number of halogens is 1. The van der Waals surface area contributed by atoms with Gasteiger partial charge in [0.2, 0.25) is 5.67 Å². The quantitative estimate of drug-likeness (QED) is 0.634. The standard InChI is InChI=1S/C24H20FNO4/c25-24(22(27)28,16-8-2-1-3-9-16)15-26-23(29)30-14-21-19-12-6-4-10-17(19)18-11-5-7-13-20(18)21/h1-13,21H,14-15H2,(H,26,29)(H,27,28). The highest BCUT2D eigenvalue weighted by Gasteiger charge is 2.41. The third-order valence-electron chi connectivity index (χ3n) is 5.39. The summed E-state index contributed by atoms with van der Waals surface area (Å²) in [5, 5.41) is 11.6. The summed E-state index contributed by atoms with van der Waals surface area (Å²) in [5.41, 5.74) is 1.52. The summed E-state index contributed by atoms with van der Waals surface area (Å²) in [6.07, 6.45) is -0.865. The van der Waals surface area contributed by atoms with Crippen LogP contribution in [0.5, 0.6) is 0 Å². The minimum absolute atomic E-state index is 0.0450. The number of benzene rings is 3. The summed E-state index contributed by atoms with van der Waals surface area (Å²) in [5.74, 6) is -1.81. The van der Waals surface area contributed by atoms with Gasteiger partial charge in [-0.2, -0.15) is 0 Å². The first-order valence-electron chi connectivity index (χ1n) is 9.57. The summed E-state index contributed by atoms with van der Waals surface area (Å²) < 4.78 is 20.4. The molecule has 5 nitrogen and oxygen atoms in total. The van der Waals surface area contributed by atoms with Crippen molar-refractivity contribution in [1.82, 2.24) is 5.32 Å². The van der Waals surface area contributed by atoms with E-state index in [2.05, 4.69) is 5.32 Å². The number of alkyl carbamates (subject to hydrolysis) is 1. The maximum Gasteiger partial charge on any atom is 0.407 e. The van der Waals surface area contributed by atoms with Crippen LogP contribution in [0, 0.1) is 0 Å². The van der Waals surface area contributed by atoms with E-state index in [1.54, 1.807) is 18.2 Å². The fraction of sp³-hybridized carbons (Fsp3) is 0.167. The first-order valence-corrected chi connectivity index (χ1v) is 9.57. The highest BCUT2D eigenvalue weighted by atomic mass is 19.1. The average Bonchev–Trinajstić information content (AvgIpc) is 3.10. The molecule has 6 heteroatoms. The number of amides is 1. The SMILES string of the molecule is O=C(NCC(F)(C(=O)O)c1ccccc1)OCC1c2ccccc2-c2ccccc21. The Labute approximate surface area is 173 Å². The second-order valence-corrected chi connectivity index (χ2v) is 7.15. The molecule has 152 valence electrons. The van der Waals surface area contributed by atoms with E-state index in [9.17, 15) is 14.7 Å². The van der Waals surface area contributed by atoms with E-state index in [0.29, 0.717) is 0 Å². The molecule has 0 aromatic heterocycles. The fourth-order valence-electron chi connectivity index (χ4n) is 3.85.